The largest absolute Gasteiger partial charge is 0.497 e. The number of hydrogen-bond acceptors (Lipinski definition) is 5. The minimum Gasteiger partial charge on any atom is -0.497 e. The molecule has 0 spiro atoms. The molecular weight excluding hydrogens is 456 g/mol. The second kappa shape index (κ2) is 11.3. The van der Waals surface area contributed by atoms with E-state index in [1.165, 1.54) is 19.2 Å². The van der Waals surface area contributed by atoms with Crippen LogP contribution in [0.3, 0.4) is 0 Å². The van der Waals surface area contributed by atoms with Gasteiger partial charge >= 0.3 is 6.03 Å². The van der Waals surface area contributed by atoms with Gasteiger partial charge in [0.15, 0.2) is 0 Å². The number of benzene rings is 2. The van der Waals surface area contributed by atoms with Crippen LogP contribution in [0.4, 0.5) is 10.5 Å². The molecule has 3 N–H and O–H groups in total. The molecule has 34 heavy (non-hydrogen) atoms. The number of nitrogens with zero attached hydrogens (tertiary/aromatic N) is 1. The standard InChI is InChI=1S/C24H32N4O5S/c1-17(2)22(27-34(31,32)21-11-9-20(33-3)10-12-21)23(29)25-19-13-15-28(16-14-19)24(30)26-18-7-5-4-6-8-18/h4-12,17,19,22,27H,13-16H2,1-3H3,(H,25,29)(H,26,30)/t22-/m0/s1. The van der Waals surface area contributed by atoms with Crippen molar-refractivity contribution in [3.8, 4) is 5.75 Å². The molecule has 1 atom stereocenters. The van der Waals surface area contributed by atoms with Crippen molar-refractivity contribution >= 4 is 27.6 Å². The molecule has 0 bridgehead atoms. The van der Waals surface area contributed by atoms with Gasteiger partial charge in [0.2, 0.25) is 15.9 Å². The molecule has 1 aliphatic rings. The Labute approximate surface area is 200 Å². The van der Waals surface area contributed by atoms with E-state index in [0.717, 1.165) is 5.69 Å². The Balaban J connectivity index is 1.55. The molecule has 0 radical (unpaired) electrons. The minimum atomic E-state index is -3.89. The van der Waals surface area contributed by atoms with E-state index in [1.54, 1.807) is 30.9 Å². The molecule has 0 aromatic heterocycles. The minimum absolute atomic E-state index is 0.0597. The molecule has 1 saturated heterocycles. The van der Waals surface area contributed by atoms with Gasteiger partial charge in [0.25, 0.3) is 0 Å². The topological polar surface area (TPSA) is 117 Å². The number of urea groups is 1. The van der Waals surface area contributed by atoms with Gasteiger partial charge in [0, 0.05) is 24.8 Å². The first kappa shape index (κ1) is 25.5. The fourth-order valence-electron chi connectivity index (χ4n) is 3.72. The summed E-state index contributed by atoms with van der Waals surface area (Å²) in [6, 6.07) is 14.0. The Kier molecular flexibility index (Phi) is 8.51. The molecule has 3 amide bonds. The predicted molar refractivity (Wildman–Crippen MR) is 130 cm³/mol. The van der Waals surface area contributed by atoms with E-state index in [0.29, 0.717) is 31.7 Å². The fourth-order valence-corrected chi connectivity index (χ4v) is 5.07. The molecule has 10 heteroatoms. The number of methoxy groups -OCH3 is 1. The van der Waals surface area contributed by atoms with E-state index in [-0.39, 0.29) is 28.8 Å². The normalized spacial score (nSPS) is 15.6. The number of sulfonamides is 1. The summed E-state index contributed by atoms with van der Waals surface area (Å²) >= 11 is 0. The maximum absolute atomic E-state index is 13.0. The summed E-state index contributed by atoms with van der Waals surface area (Å²) < 4.78 is 33.3. The maximum Gasteiger partial charge on any atom is 0.321 e. The molecule has 1 fully saturated rings. The van der Waals surface area contributed by atoms with Crippen LogP contribution in [0.2, 0.25) is 0 Å². The van der Waals surface area contributed by atoms with Crippen molar-refractivity contribution in [2.24, 2.45) is 5.92 Å². The van der Waals surface area contributed by atoms with Crippen molar-refractivity contribution < 1.29 is 22.7 Å². The first-order valence-electron chi connectivity index (χ1n) is 11.3. The van der Waals surface area contributed by atoms with Crippen LogP contribution in [0.1, 0.15) is 26.7 Å². The van der Waals surface area contributed by atoms with Crippen molar-refractivity contribution in [1.29, 1.82) is 0 Å². The Hall–Kier alpha value is -3.11. The van der Waals surface area contributed by atoms with Gasteiger partial charge in [-0.05, 0) is 55.2 Å². The molecule has 0 aliphatic carbocycles. The van der Waals surface area contributed by atoms with Gasteiger partial charge in [0.1, 0.15) is 11.8 Å². The van der Waals surface area contributed by atoms with Gasteiger partial charge < -0.3 is 20.3 Å². The van der Waals surface area contributed by atoms with Crippen molar-refractivity contribution in [2.75, 3.05) is 25.5 Å². The Morgan fingerprint density at radius 1 is 1.00 bits per heavy atom. The molecule has 2 aromatic carbocycles. The lowest BCUT2D eigenvalue weighted by Gasteiger charge is -2.33. The smallest absolute Gasteiger partial charge is 0.321 e. The first-order chi connectivity index (χ1) is 16.2. The van der Waals surface area contributed by atoms with Crippen LogP contribution in [-0.4, -0.2) is 57.5 Å². The average molecular weight is 489 g/mol. The highest BCUT2D eigenvalue weighted by atomic mass is 32.2. The number of ether oxygens (including phenoxy) is 1. The lowest BCUT2D eigenvalue weighted by atomic mass is 10.0. The quantitative estimate of drug-likeness (QED) is 0.528. The second-order valence-corrected chi connectivity index (χ2v) is 10.3. The van der Waals surface area contributed by atoms with Gasteiger partial charge in [-0.1, -0.05) is 32.0 Å². The number of carbonyl (C=O) groups is 2. The molecule has 3 rings (SSSR count). The highest BCUT2D eigenvalue weighted by Gasteiger charge is 2.31. The number of amides is 3. The van der Waals surface area contributed by atoms with Crippen molar-refractivity contribution in [3.05, 3.63) is 54.6 Å². The van der Waals surface area contributed by atoms with Crippen LogP contribution in [0, 0.1) is 5.92 Å². The highest BCUT2D eigenvalue weighted by molar-refractivity contribution is 7.89. The van der Waals surface area contributed by atoms with E-state index in [1.807, 2.05) is 30.3 Å². The van der Waals surface area contributed by atoms with E-state index >= 15 is 0 Å². The van der Waals surface area contributed by atoms with Crippen LogP contribution in [-0.2, 0) is 14.8 Å². The summed E-state index contributed by atoms with van der Waals surface area (Å²) in [7, 11) is -2.39. The van der Waals surface area contributed by atoms with Gasteiger partial charge in [-0.3, -0.25) is 4.79 Å². The first-order valence-corrected chi connectivity index (χ1v) is 12.8. The third-order valence-corrected chi connectivity index (χ3v) is 7.21. The summed E-state index contributed by atoms with van der Waals surface area (Å²) in [6.45, 7) is 4.57. The molecule has 184 valence electrons. The van der Waals surface area contributed by atoms with Crippen molar-refractivity contribution in [2.45, 2.75) is 43.7 Å². The lowest BCUT2D eigenvalue weighted by Crippen LogP contribution is -2.54. The highest BCUT2D eigenvalue weighted by Crippen LogP contribution is 2.18. The number of anilines is 1. The van der Waals surface area contributed by atoms with Gasteiger partial charge in [-0.15, -0.1) is 0 Å². The zero-order chi connectivity index (χ0) is 24.7. The number of hydrogen-bond donors (Lipinski definition) is 3. The molecule has 9 nitrogen and oxygen atoms in total. The van der Waals surface area contributed by atoms with Crippen molar-refractivity contribution in [3.63, 3.8) is 0 Å². The number of para-hydroxylation sites is 1. The summed E-state index contributed by atoms with van der Waals surface area (Å²) in [5, 5.41) is 5.82. The summed E-state index contributed by atoms with van der Waals surface area (Å²) in [6.07, 6.45) is 1.17. The third-order valence-electron chi connectivity index (χ3n) is 5.75. The van der Waals surface area contributed by atoms with Crippen LogP contribution in [0.15, 0.2) is 59.5 Å². The molecular formula is C24H32N4O5S. The lowest BCUT2D eigenvalue weighted by molar-refractivity contribution is -0.124. The van der Waals surface area contributed by atoms with Gasteiger partial charge in [-0.25, -0.2) is 13.2 Å². The number of nitrogens with one attached hydrogen (secondary N) is 3. The van der Waals surface area contributed by atoms with E-state index in [9.17, 15) is 18.0 Å². The van der Waals surface area contributed by atoms with Gasteiger partial charge in [-0.2, -0.15) is 4.72 Å². The zero-order valence-electron chi connectivity index (χ0n) is 19.7. The van der Waals surface area contributed by atoms with E-state index < -0.39 is 16.1 Å². The molecule has 2 aromatic rings. The van der Waals surface area contributed by atoms with Crippen LogP contribution in [0.25, 0.3) is 0 Å². The number of carbonyl (C=O) groups excluding carboxylic acids is 2. The number of likely N-dealkylation sites (tertiary alicyclic amines) is 1. The molecule has 0 saturated carbocycles. The average Bonchev–Trinajstić information content (AvgIpc) is 2.83. The Bertz CT molecular complexity index is 1070. The van der Waals surface area contributed by atoms with E-state index in [2.05, 4.69) is 15.4 Å². The monoisotopic (exact) mass is 488 g/mol. The third kappa shape index (κ3) is 6.71. The van der Waals surface area contributed by atoms with Crippen LogP contribution < -0.4 is 20.1 Å². The molecule has 1 heterocycles. The summed E-state index contributed by atoms with van der Waals surface area (Å²) in [4.78, 5) is 27.2. The zero-order valence-corrected chi connectivity index (χ0v) is 20.5. The van der Waals surface area contributed by atoms with E-state index in [4.69, 9.17) is 4.74 Å². The summed E-state index contributed by atoms with van der Waals surface area (Å²) in [5.41, 5.74) is 0.729. The summed E-state index contributed by atoms with van der Waals surface area (Å²) in [5.74, 6) is -0.0927. The predicted octanol–water partition coefficient (Wildman–Crippen LogP) is 2.81. The second-order valence-electron chi connectivity index (χ2n) is 8.58. The number of rotatable bonds is 8. The van der Waals surface area contributed by atoms with Crippen molar-refractivity contribution in [1.82, 2.24) is 14.9 Å². The Morgan fingerprint density at radius 3 is 2.18 bits per heavy atom. The van der Waals surface area contributed by atoms with Gasteiger partial charge in [0.05, 0.1) is 12.0 Å². The maximum atomic E-state index is 13.0. The Morgan fingerprint density at radius 2 is 1.62 bits per heavy atom. The SMILES string of the molecule is COc1ccc(S(=O)(=O)N[C@H](C(=O)NC2CCN(C(=O)Nc3ccccc3)CC2)C(C)C)cc1. The number of piperidine rings is 1. The molecule has 1 aliphatic heterocycles. The fraction of sp³-hybridized carbons (Fsp3) is 0.417. The molecule has 0 unspecified atom stereocenters. The van der Waals surface area contributed by atoms with Crippen LogP contribution in [0.5, 0.6) is 5.75 Å². The van der Waals surface area contributed by atoms with Crippen LogP contribution >= 0.6 is 0 Å².